The number of likely N-dealkylation sites (N-methyl/N-ethyl adjacent to an activating group) is 1. The predicted molar refractivity (Wildman–Crippen MR) is 65.9 cm³/mol. The first-order valence-electron chi connectivity index (χ1n) is 5.70. The predicted octanol–water partition coefficient (Wildman–Crippen LogP) is 2.03. The summed E-state index contributed by atoms with van der Waals surface area (Å²) in [6.07, 6.45) is 0.942. The lowest BCUT2D eigenvalue weighted by atomic mass is 10.0. The first-order valence-corrected chi connectivity index (χ1v) is 5.70. The van der Waals surface area contributed by atoms with Gasteiger partial charge in [0.25, 0.3) is 0 Å². The minimum absolute atomic E-state index is 0.131. The maximum atomic E-state index is 10.8. The second kappa shape index (κ2) is 3.87. The lowest BCUT2D eigenvalue weighted by Crippen LogP contribution is -2.12. The number of rotatable bonds is 2. The highest BCUT2D eigenvalue weighted by molar-refractivity contribution is 5.86. The molecule has 0 bridgehead atoms. The molecule has 0 amide bonds. The molecule has 0 atom stereocenters. The minimum Gasteiger partial charge on any atom is -0.475 e. The maximum Gasteiger partial charge on any atom is 0.374 e. The van der Waals surface area contributed by atoms with Gasteiger partial charge in [-0.25, -0.2) is 4.79 Å². The van der Waals surface area contributed by atoms with Crippen LogP contribution in [0.15, 0.2) is 28.8 Å². The van der Waals surface area contributed by atoms with Gasteiger partial charge in [0, 0.05) is 30.9 Å². The topological polar surface area (TPSA) is 66.6 Å². The number of nitrogens with zero attached hydrogens (tertiary/aromatic N) is 2. The van der Waals surface area contributed by atoms with E-state index in [1.807, 2.05) is 19.2 Å². The number of carboxylic acid groups (broad SMARTS) is 1. The normalized spacial score (nSPS) is 13.7. The average Bonchev–Trinajstić information content (AvgIpc) is 2.97. The van der Waals surface area contributed by atoms with E-state index >= 15 is 0 Å². The first kappa shape index (κ1) is 10.8. The van der Waals surface area contributed by atoms with Gasteiger partial charge in [0.05, 0.1) is 0 Å². The molecule has 2 aromatic rings. The summed E-state index contributed by atoms with van der Waals surface area (Å²) >= 11 is 0. The van der Waals surface area contributed by atoms with Gasteiger partial charge in [-0.2, -0.15) is 0 Å². The fraction of sp³-hybridized carbons (Fsp3) is 0.231. The number of aromatic carboxylic acids is 1. The Morgan fingerprint density at radius 2 is 2.33 bits per heavy atom. The third kappa shape index (κ3) is 1.55. The molecule has 0 aliphatic carbocycles. The summed E-state index contributed by atoms with van der Waals surface area (Å²) in [5.41, 5.74) is 3.91. The smallest absolute Gasteiger partial charge is 0.374 e. The third-order valence-electron chi connectivity index (χ3n) is 3.26. The van der Waals surface area contributed by atoms with Crippen molar-refractivity contribution in [1.82, 2.24) is 5.16 Å². The van der Waals surface area contributed by atoms with Crippen LogP contribution in [0.5, 0.6) is 0 Å². The molecule has 0 saturated heterocycles. The highest BCUT2D eigenvalue weighted by Gasteiger charge is 2.21. The van der Waals surface area contributed by atoms with Gasteiger partial charge in [-0.3, -0.25) is 0 Å². The van der Waals surface area contributed by atoms with E-state index in [2.05, 4.69) is 16.1 Å². The fourth-order valence-corrected chi connectivity index (χ4v) is 2.34. The second-order valence-corrected chi connectivity index (χ2v) is 4.36. The van der Waals surface area contributed by atoms with Crippen LogP contribution in [-0.2, 0) is 6.42 Å². The lowest BCUT2D eigenvalue weighted by molar-refractivity contribution is 0.0652. The monoisotopic (exact) mass is 244 g/mol. The van der Waals surface area contributed by atoms with Gasteiger partial charge < -0.3 is 14.5 Å². The Morgan fingerprint density at radius 3 is 3.06 bits per heavy atom. The SMILES string of the molecule is CN1CCc2c(-c3cc(C(=O)O)on3)cccc21. The number of carbonyl (C=O) groups is 1. The van der Waals surface area contributed by atoms with Crippen LogP contribution < -0.4 is 4.90 Å². The van der Waals surface area contributed by atoms with E-state index < -0.39 is 5.97 Å². The van der Waals surface area contributed by atoms with Crippen LogP contribution in [0, 0.1) is 0 Å². The van der Waals surface area contributed by atoms with Crippen LogP contribution in [0.25, 0.3) is 11.3 Å². The number of hydrogen-bond donors (Lipinski definition) is 1. The summed E-state index contributed by atoms with van der Waals surface area (Å²) in [6.45, 7) is 0.968. The molecular formula is C13H12N2O3. The zero-order valence-electron chi connectivity index (χ0n) is 9.88. The number of hydrogen-bond acceptors (Lipinski definition) is 4. The van der Waals surface area contributed by atoms with E-state index in [1.165, 1.54) is 17.3 Å². The average molecular weight is 244 g/mol. The van der Waals surface area contributed by atoms with Crippen LogP contribution in [0.4, 0.5) is 5.69 Å². The largest absolute Gasteiger partial charge is 0.475 e. The quantitative estimate of drug-likeness (QED) is 0.875. The second-order valence-electron chi connectivity index (χ2n) is 4.36. The fourth-order valence-electron chi connectivity index (χ4n) is 2.34. The standard InChI is InChI=1S/C13H12N2O3/c1-15-6-5-9-8(3-2-4-11(9)15)10-7-12(13(16)17)18-14-10/h2-4,7H,5-6H2,1H3,(H,16,17). The Labute approximate surface area is 104 Å². The summed E-state index contributed by atoms with van der Waals surface area (Å²) in [5, 5.41) is 12.7. The van der Waals surface area contributed by atoms with Crippen molar-refractivity contribution in [1.29, 1.82) is 0 Å². The Balaban J connectivity index is 2.09. The van der Waals surface area contributed by atoms with E-state index in [-0.39, 0.29) is 5.76 Å². The number of benzene rings is 1. The molecule has 1 aliphatic heterocycles. The van der Waals surface area contributed by atoms with Crippen molar-refractivity contribution in [2.45, 2.75) is 6.42 Å². The van der Waals surface area contributed by atoms with Crippen molar-refractivity contribution in [2.75, 3.05) is 18.5 Å². The van der Waals surface area contributed by atoms with Crippen molar-refractivity contribution >= 4 is 11.7 Å². The Kier molecular flexibility index (Phi) is 2.33. The van der Waals surface area contributed by atoms with Crippen LogP contribution >= 0.6 is 0 Å². The van der Waals surface area contributed by atoms with E-state index in [1.54, 1.807) is 0 Å². The molecule has 92 valence electrons. The molecule has 18 heavy (non-hydrogen) atoms. The van der Waals surface area contributed by atoms with E-state index in [0.29, 0.717) is 5.69 Å². The van der Waals surface area contributed by atoms with Crippen molar-refractivity contribution in [3.63, 3.8) is 0 Å². The van der Waals surface area contributed by atoms with Crippen molar-refractivity contribution in [3.8, 4) is 11.3 Å². The molecule has 0 fully saturated rings. The number of anilines is 1. The van der Waals surface area contributed by atoms with Crippen molar-refractivity contribution in [3.05, 3.63) is 35.6 Å². The molecule has 0 unspecified atom stereocenters. The molecule has 1 aliphatic rings. The Hall–Kier alpha value is -2.30. The third-order valence-corrected chi connectivity index (χ3v) is 3.26. The Bertz CT molecular complexity index is 618. The number of aromatic nitrogens is 1. The molecule has 1 aromatic carbocycles. The molecular weight excluding hydrogens is 232 g/mol. The highest BCUT2D eigenvalue weighted by Crippen LogP contribution is 2.34. The van der Waals surface area contributed by atoms with Gasteiger partial charge >= 0.3 is 5.97 Å². The minimum atomic E-state index is -1.10. The van der Waals surface area contributed by atoms with Crippen LogP contribution in [0.1, 0.15) is 16.1 Å². The molecule has 3 rings (SSSR count). The summed E-state index contributed by atoms with van der Waals surface area (Å²) in [7, 11) is 2.04. The van der Waals surface area contributed by atoms with Crippen molar-refractivity contribution in [2.24, 2.45) is 0 Å². The van der Waals surface area contributed by atoms with Crippen molar-refractivity contribution < 1.29 is 14.4 Å². The lowest BCUT2D eigenvalue weighted by Gasteiger charge is -2.12. The van der Waals surface area contributed by atoms with E-state index in [0.717, 1.165) is 18.5 Å². The maximum absolute atomic E-state index is 10.8. The van der Waals surface area contributed by atoms with Gasteiger partial charge in [-0.15, -0.1) is 0 Å². The first-order chi connectivity index (χ1) is 8.66. The van der Waals surface area contributed by atoms with Gasteiger partial charge in [-0.1, -0.05) is 17.3 Å². The highest BCUT2D eigenvalue weighted by atomic mass is 16.5. The molecule has 0 saturated carbocycles. The molecule has 5 heteroatoms. The zero-order valence-corrected chi connectivity index (χ0v) is 9.88. The van der Waals surface area contributed by atoms with Gasteiger partial charge in [0.1, 0.15) is 5.69 Å². The molecule has 1 N–H and O–H groups in total. The van der Waals surface area contributed by atoms with Crippen LogP contribution in [-0.4, -0.2) is 29.8 Å². The number of carboxylic acids is 1. The van der Waals surface area contributed by atoms with Gasteiger partial charge in [0.2, 0.25) is 5.76 Å². The summed E-state index contributed by atoms with van der Waals surface area (Å²) in [6, 6.07) is 7.42. The van der Waals surface area contributed by atoms with Crippen LogP contribution in [0.2, 0.25) is 0 Å². The van der Waals surface area contributed by atoms with Crippen LogP contribution in [0.3, 0.4) is 0 Å². The molecule has 0 spiro atoms. The summed E-state index contributed by atoms with van der Waals surface area (Å²) in [5.74, 6) is -1.23. The van der Waals surface area contributed by atoms with Gasteiger partial charge in [-0.05, 0) is 18.1 Å². The Morgan fingerprint density at radius 1 is 1.50 bits per heavy atom. The van der Waals surface area contributed by atoms with E-state index in [9.17, 15) is 4.79 Å². The summed E-state index contributed by atoms with van der Waals surface area (Å²) < 4.78 is 4.80. The molecule has 2 heterocycles. The molecule has 0 radical (unpaired) electrons. The zero-order chi connectivity index (χ0) is 12.7. The van der Waals surface area contributed by atoms with Gasteiger partial charge in [0.15, 0.2) is 0 Å². The van der Waals surface area contributed by atoms with E-state index in [4.69, 9.17) is 9.63 Å². The summed E-state index contributed by atoms with van der Waals surface area (Å²) in [4.78, 5) is 13.0. The number of fused-ring (bicyclic) bond motifs is 1. The molecule has 1 aromatic heterocycles. The molecule has 5 nitrogen and oxygen atoms in total.